The van der Waals surface area contributed by atoms with Crippen LogP contribution in [0.1, 0.15) is 46.5 Å². The van der Waals surface area contributed by atoms with Crippen LogP contribution in [0.3, 0.4) is 0 Å². The van der Waals surface area contributed by atoms with Crippen molar-refractivity contribution in [3.05, 3.63) is 0 Å². The Bertz CT molecular complexity index is 232. The average Bonchev–Trinajstić information content (AvgIpc) is 2.32. The molecule has 0 saturated heterocycles. The second-order valence-electron chi connectivity index (χ2n) is 6.51. The molecule has 18 heavy (non-hydrogen) atoms. The lowest BCUT2D eigenvalue weighted by Gasteiger charge is -2.50. The molecule has 1 fully saturated rings. The van der Waals surface area contributed by atoms with E-state index in [1.807, 2.05) is 0 Å². The minimum atomic E-state index is 0.261. The molecule has 0 radical (unpaired) electrons. The third kappa shape index (κ3) is 3.69. The minimum Gasteiger partial charge on any atom is -0.329 e. The Morgan fingerprint density at radius 2 is 1.83 bits per heavy atom. The molecule has 0 aromatic carbocycles. The maximum atomic E-state index is 6.17. The van der Waals surface area contributed by atoms with E-state index in [9.17, 15) is 0 Å². The molecular formula is C15H33N3. The van der Waals surface area contributed by atoms with Crippen molar-refractivity contribution in [1.29, 1.82) is 0 Å². The predicted octanol–water partition coefficient (Wildman–Crippen LogP) is 2.17. The van der Waals surface area contributed by atoms with Gasteiger partial charge in [-0.1, -0.05) is 13.8 Å². The van der Waals surface area contributed by atoms with Gasteiger partial charge in [0.1, 0.15) is 0 Å². The van der Waals surface area contributed by atoms with Crippen LogP contribution in [0, 0.1) is 5.92 Å². The van der Waals surface area contributed by atoms with Crippen LogP contribution in [0.25, 0.3) is 0 Å². The van der Waals surface area contributed by atoms with Crippen molar-refractivity contribution in [2.45, 2.75) is 58.0 Å². The van der Waals surface area contributed by atoms with E-state index in [4.69, 9.17) is 5.73 Å². The third-order valence-corrected chi connectivity index (χ3v) is 4.70. The first-order chi connectivity index (χ1) is 8.45. The Labute approximate surface area is 114 Å². The first-order valence-electron chi connectivity index (χ1n) is 7.56. The molecule has 0 aromatic heterocycles. The Kier molecular flexibility index (Phi) is 6.09. The van der Waals surface area contributed by atoms with Crippen LogP contribution in [0.4, 0.5) is 0 Å². The Morgan fingerprint density at radius 1 is 1.28 bits per heavy atom. The predicted molar refractivity (Wildman–Crippen MR) is 79.8 cm³/mol. The van der Waals surface area contributed by atoms with Crippen molar-refractivity contribution < 1.29 is 0 Å². The highest BCUT2D eigenvalue weighted by Gasteiger charge is 2.39. The number of rotatable bonds is 6. The molecular weight excluding hydrogens is 222 g/mol. The van der Waals surface area contributed by atoms with Crippen molar-refractivity contribution in [1.82, 2.24) is 9.80 Å². The highest BCUT2D eigenvalue weighted by Crippen LogP contribution is 2.36. The zero-order valence-electron chi connectivity index (χ0n) is 13.1. The van der Waals surface area contributed by atoms with E-state index in [1.54, 1.807) is 0 Å². The molecule has 0 aliphatic heterocycles. The summed E-state index contributed by atoms with van der Waals surface area (Å²) in [5.74, 6) is 0.882. The molecule has 1 aliphatic carbocycles. The van der Waals surface area contributed by atoms with Crippen LogP contribution in [-0.4, -0.2) is 55.1 Å². The molecule has 0 bridgehead atoms. The molecule has 1 rings (SSSR count). The van der Waals surface area contributed by atoms with E-state index in [0.717, 1.165) is 25.6 Å². The van der Waals surface area contributed by atoms with Gasteiger partial charge < -0.3 is 10.6 Å². The van der Waals surface area contributed by atoms with Crippen molar-refractivity contribution >= 4 is 0 Å². The molecule has 3 heteroatoms. The van der Waals surface area contributed by atoms with Crippen molar-refractivity contribution in [2.75, 3.05) is 33.7 Å². The van der Waals surface area contributed by atoms with Crippen LogP contribution >= 0.6 is 0 Å². The summed E-state index contributed by atoms with van der Waals surface area (Å²) in [5.41, 5.74) is 6.43. The van der Waals surface area contributed by atoms with Gasteiger partial charge in [-0.15, -0.1) is 0 Å². The van der Waals surface area contributed by atoms with Crippen LogP contribution in [0.5, 0.6) is 0 Å². The first-order valence-corrected chi connectivity index (χ1v) is 7.56. The fraction of sp³-hybridized carbons (Fsp3) is 1.00. The lowest BCUT2D eigenvalue weighted by molar-refractivity contribution is 0.0113. The fourth-order valence-electron chi connectivity index (χ4n) is 3.65. The monoisotopic (exact) mass is 255 g/mol. The zero-order valence-corrected chi connectivity index (χ0v) is 13.1. The van der Waals surface area contributed by atoms with E-state index in [1.165, 1.54) is 25.7 Å². The van der Waals surface area contributed by atoms with Crippen LogP contribution < -0.4 is 5.73 Å². The van der Waals surface area contributed by atoms with E-state index in [0.29, 0.717) is 6.04 Å². The number of hydrogen-bond donors (Lipinski definition) is 1. The molecule has 3 nitrogen and oxygen atoms in total. The zero-order chi connectivity index (χ0) is 13.8. The van der Waals surface area contributed by atoms with Gasteiger partial charge >= 0.3 is 0 Å². The molecule has 2 N–H and O–H groups in total. The molecule has 0 heterocycles. The summed E-state index contributed by atoms with van der Waals surface area (Å²) in [7, 11) is 4.31. The van der Waals surface area contributed by atoms with Gasteiger partial charge in [0.15, 0.2) is 0 Å². The summed E-state index contributed by atoms with van der Waals surface area (Å²) < 4.78 is 0. The van der Waals surface area contributed by atoms with E-state index in [-0.39, 0.29) is 5.54 Å². The fourth-order valence-corrected chi connectivity index (χ4v) is 3.65. The third-order valence-electron chi connectivity index (χ3n) is 4.70. The number of nitrogens with zero attached hydrogens (tertiary/aromatic N) is 2. The topological polar surface area (TPSA) is 32.5 Å². The van der Waals surface area contributed by atoms with Crippen LogP contribution in [-0.2, 0) is 0 Å². The van der Waals surface area contributed by atoms with E-state index < -0.39 is 0 Å². The number of likely N-dealkylation sites (N-methyl/N-ethyl adjacent to an activating group) is 2. The highest BCUT2D eigenvalue weighted by molar-refractivity contribution is 4.97. The molecule has 1 saturated carbocycles. The summed E-state index contributed by atoms with van der Waals surface area (Å²) >= 11 is 0. The van der Waals surface area contributed by atoms with Crippen molar-refractivity contribution in [2.24, 2.45) is 11.7 Å². The largest absolute Gasteiger partial charge is 0.329 e. The molecule has 0 spiro atoms. The maximum Gasteiger partial charge on any atom is 0.0335 e. The number of hydrogen-bond acceptors (Lipinski definition) is 3. The molecule has 0 aromatic rings. The summed E-state index contributed by atoms with van der Waals surface area (Å²) in [4.78, 5) is 4.95. The van der Waals surface area contributed by atoms with Crippen molar-refractivity contribution in [3.63, 3.8) is 0 Å². The van der Waals surface area contributed by atoms with Gasteiger partial charge in [-0.3, -0.25) is 4.90 Å². The Hall–Kier alpha value is -0.120. The van der Waals surface area contributed by atoms with Gasteiger partial charge in [0.25, 0.3) is 0 Å². The van der Waals surface area contributed by atoms with Gasteiger partial charge in [0.2, 0.25) is 0 Å². The average molecular weight is 255 g/mol. The van der Waals surface area contributed by atoms with E-state index in [2.05, 4.69) is 44.7 Å². The first kappa shape index (κ1) is 15.9. The molecule has 1 atom stereocenters. The standard InChI is InChI=1S/C15H33N3/c1-6-18(14(3)11-17(4)5)15(12-16)9-7-13(2)8-10-15/h13-14H,6-12,16H2,1-5H3. The number of nitrogens with two attached hydrogens (primary N) is 1. The highest BCUT2D eigenvalue weighted by atomic mass is 15.3. The minimum absolute atomic E-state index is 0.261. The normalized spacial score (nSPS) is 31.0. The summed E-state index contributed by atoms with van der Waals surface area (Å²) in [5, 5.41) is 0. The molecule has 1 aliphatic rings. The Balaban J connectivity index is 2.76. The molecule has 1 unspecified atom stereocenters. The SMILES string of the molecule is CCN(C(C)CN(C)C)C1(CN)CCC(C)CC1. The summed E-state index contributed by atoms with van der Waals surface area (Å²) in [6.45, 7) is 10.0. The van der Waals surface area contributed by atoms with Gasteiger partial charge in [-0.05, 0) is 59.2 Å². The van der Waals surface area contributed by atoms with Gasteiger partial charge in [-0.2, -0.15) is 0 Å². The van der Waals surface area contributed by atoms with Crippen LogP contribution in [0.2, 0.25) is 0 Å². The van der Waals surface area contributed by atoms with Crippen LogP contribution in [0.15, 0.2) is 0 Å². The summed E-state index contributed by atoms with van der Waals surface area (Å²) in [6.07, 6.45) is 5.22. The maximum absolute atomic E-state index is 6.17. The Morgan fingerprint density at radius 3 is 2.22 bits per heavy atom. The lowest BCUT2D eigenvalue weighted by Crippen LogP contribution is -2.60. The van der Waals surface area contributed by atoms with Crippen molar-refractivity contribution in [3.8, 4) is 0 Å². The quantitative estimate of drug-likeness (QED) is 0.789. The molecule has 0 amide bonds. The molecule has 108 valence electrons. The second kappa shape index (κ2) is 6.88. The van der Waals surface area contributed by atoms with Gasteiger partial charge in [0, 0.05) is 24.7 Å². The smallest absolute Gasteiger partial charge is 0.0335 e. The second-order valence-corrected chi connectivity index (χ2v) is 6.51. The van der Waals surface area contributed by atoms with Gasteiger partial charge in [-0.25, -0.2) is 0 Å². The lowest BCUT2D eigenvalue weighted by atomic mass is 9.75. The van der Waals surface area contributed by atoms with E-state index >= 15 is 0 Å². The van der Waals surface area contributed by atoms with Gasteiger partial charge in [0.05, 0.1) is 0 Å². The summed E-state index contributed by atoms with van der Waals surface area (Å²) in [6, 6.07) is 0.585.